The summed E-state index contributed by atoms with van der Waals surface area (Å²) in [5.74, 6) is 25.6. The third-order valence-electron chi connectivity index (χ3n) is 19.8. The number of hydrogen-bond donors (Lipinski definition) is 0. The molecule has 0 amide bonds. The fourth-order valence-electron chi connectivity index (χ4n) is 20.6. The Bertz CT molecular complexity index is 1110. The van der Waals surface area contributed by atoms with Crippen molar-refractivity contribution in [3.63, 3.8) is 0 Å². The second kappa shape index (κ2) is 3.97. The lowest BCUT2D eigenvalue weighted by atomic mass is 8.99. The van der Waals surface area contributed by atoms with Crippen molar-refractivity contribution in [3.8, 4) is 0 Å². The zero-order chi connectivity index (χ0) is 20.1. The van der Waals surface area contributed by atoms with Crippen LogP contribution in [0.25, 0.3) is 0 Å². The summed E-state index contributed by atoms with van der Waals surface area (Å²) in [4.78, 5) is 0. The highest BCUT2D eigenvalue weighted by atomic mass is 15.1. The molecule has 0 aromatic carbocycles. The Hall–Kier alpha value is 0. The maximum Gasteiger partial charge on any atom is -0.0167 e. The maximum atomic E-state index is 1.71. The smallest absolute Gasteiger partial charge is 0.0167 e. The molecule has 0 nitrogen and oxygen atoms in total. The van der Waals surface area contributed by atoms with E-state index in [0.717, 1.165) is 16.2 Å². The second-order valence-corrected chi connectivity index (χ2v) is 17.8. The molecule has 0 heteroatoms. The van der Waals surface area contributed by atoms with Gasteiger partial charge in [0.2, 0.25) is 0 Å². The fraction of sp³-hybridized carbons (Fsp3) is 1.00. The van der Waals surface area contributed by atoms with Gasteiger partial charge in [0.1, 0.15) is 0 Å². The van der Waals surface area contributed by atoms with Gasteiger partial charge < -0.3 is 0 Å². The first kappa shape index (κ1) is 16.0. The van der Waals surface area contributed by atoms with Gasteiger partial charge in [0, 0.05) is 0 Å². The summed E-state index contributed by atoms with van der Waals surface area (Å²) in [5, 5.41) is 0. The summed E-state index contributed by atoms with van der Waals surface area (Å²) in [6.45, 7) is 0. The first-order chi connectivity index (χ1) is 16.4. The number of rotatable bonds is 0. The summed E-state index contributed by atoms with van der Waals surface area (Å²) in [6.07, 6.45) is 16.9. The van der Waals surface area contributed by atoms with Crippen LogP contribution in [0, 0.1) is 135 Å². The third kappa shape index (κ3) is 0.973. The van der Waals surface area contributed by atoms with Gasteiger partial charge in [-0.15, -0.1) is 0 Å². The highest BCUT2D eigenvalue weighted by Crippen LogP contribution is 3.05. The average molecular weight is 437 g/mol. The summed E-state index contributed by atoms with van der Waals surface area (Å²) in [7, 11) is 0. The van der Waals surface area contributed by atoms with Crippen molar-refractivity contribution in [2.45, 2.75) is 64.2 Å². The molecule has 23 atom stereocenters. The molecule has 22 unspecified atom stereocenters. The standard InChI is InChI=1S/C33H40/c1-2-12-5-4-11-8-16-24(11)32(12)25(16)21-19-22-26-20-18-17-10-15-9-14-7-6-13(3-1)33(26,28(22)23(19)27(21)32)30(20)29(18)31(14,15)17/h11-30H,1-10H2/t11?,12?,13?,14?,15?,16?,17?,18?,19?,20?,21?,22?,23-,24?,25?,26?,27?,28?,29?,30?,31?,32?,33?/m0/s1. The van der Waals surface area contributed by atoms with E-state index < -0.39 is 0 Å². The van der Waals surface area contributed by atoms with Crippen LogP contribution in [0.15, 0.2) is 0 Å². The highest BCUT2D eigenvalue weighted by molar-refractivity contribution is 5.48. The van der Waals surface area contributed by atoms with Crippen LogP contribution in [0.4, 0.5) is 0 Å². The van der Waals surface area contributed by atoms with E-state index in [1.807, 2.05) is 0 Å². The van der Waals surface area contributed by atoms with E-state index >= 15 is 0 Å². The molecule has 14 aliphatic carbocycles. The molecule has 14 aliphatic rings. The molecular formula is C33H40. The Morgan fingerprint density at radius 3 is 1.88 bits per heavy atom. The molecular weight excluding hydrogens is 396 g/mol. The zero-order valence-corrected chi connectivity index (χ0v) is 20.1. The molecule has 0 aliphatic heterocycles. The first-order valence-corrected chi connectivity index (χ1v) is 16.4. The van der Waals surface area contributed by atoms with Crippen LogP contribution in [0.5, 0.6) is 0 Å². The normalized spacial score (nSPS) is 90.2. The van der Waals surface area contributed by atoms with Gasteiger partial charge in [-0.05, 0) is 192 Å². The van der Waals surface area contributed by atoms with Gasteiger partial charge in [-0.1, -0.05) is 6.42 Å². The second-order valence-electron chi connectivity index (χ2n) is 17.8. The predicted molar refractivity (Wildman–Crippen MR) is 123 cm³/mol. The van der Waals surface area contributed by atoms with Crippen molar-refractivity contribution in [1.29, 1.82) is 0 Å². The van der Waals surface area contributed by atoms with E-state index in [0.29, 0.717) is 0 Å². The van der Waals surface area contributed by atoms with Gasteiger partial charge in [0.05, 0.1) is 0 Å². The zero-order valence-electron chi connectivity index (χ0n) is 20.1. The Morgan fingerprint density at radius 1 is 0.394 bits per heavy atom. The lowest BCUT2D eigenvalue weighted by Crippen LogP contribution is -3.02. The Balaban J connectivity index is 0.958. The first-order valence-electron chi connectivity index (χ1n) is 16.4. The van der Waals surface area contributed by atoms with E-state index in [2.05, 4.69) is 0 Å². The van der Waals surface area contributed by atoms with Crippen LogP contribution in [0.3, 0.4) is 0 Å². The molecule has 3 spiro atoms. The summed E-state index contributed by atoms with van der Waals surface area (Å²) in [5.41, 5.74) is 2.94. The molecule has 14 rings (SSSR count). The van der Waals surface area contributed by atoms with Crippen LogP contribution in [0.1, 0.15) is 64.2 Å². The van der Waals surface area contributed by atoms with Gasteiger partial charge in [0.25, 0.3) is 0 Å². The van der Waals surface area contributed by atoms with E-state index in [1.165, 1.54) is 118 Å². The van der Waals surface area contributed by atoms with Crippen LogP contribution in [0.2, 0.25) is 0 Å². The lowest BCUT2D eigenvalue weighted by molar-refractivity contribution is -0.585. The molecule has 0 aromatic rings. The van der Waals surface area contributed by atoms with Crippen molar-refractivity contribution in [3.05, 3.63) is 0 Å². The molecule has 0 heterocycles. The Morgan fingerprint density at radius 2 is 1.06 bits per heavy atom. The average Bonchev–Trinajstić information content (AvgIpc) is 2.73. The van der Waals surface area contributed by atoms with Crippen LogP contribution in [-0.4, -0.2) is 0 Å². The minimum atomic E-state index is 0.967. The monoisotopic (exact) mass is 436 g/mol. The molecule has 0 N–H and O–H groups in total. The third-order valence-corrected chi connectivity index (χ3v) is 19.8. The summed E-state index contributed by atoms with van der Waals surface area (Å²) < 4.78 is 0. The van der Waals surface area contributed by atoms with E-state index in [1.54, 1.807) is 64.2 Å². The van der Waals surface area contributed by atoms with Crippen LogP contribution >= 0.6 is 0 Å². The van der Waals surface area contributed by atoms with Crippen molar-refractivity contribution in [2.75, 3.05) is 0 Å². The predicted octanol–water partition coefficient (Wildman–Crippen LogP) is 6.36. The van der Waals surface area contributed by atoms with E-state index in [-0.39, 0.29) is 0 Å². The molecule has 172 valence electrons. The SMILES string of the molecule is C1CC2CCC3CC4C3C23C4C2C4C5C6C7C8C9CC%10CC%11CCC(C1)C6(C7C8C%11%109)C5[C@@H]4C23. The summed E-state index contributed by atoms with van der Waals surface area (Å²) in [6, 6.07) is 0. The molecule has 14 fully saturated rings. The molecule has 14 saturated carbocycles. The van der Waals surface area contributed by atoms with Gasteiger partial charge in [-0.3, -0.25) is 0 Å². The Labute approximate surface area is 198 Å². The lowest BCUT2D eigenvalue weighted by Gasteiger charge is -3.05. The van der Waals surface area contributed by atoms with Gasteiger partial charge in [-0.2, -0.15) is 0 Å². The van der Waals surface area contributed by atoms with Gasteiger partial charge in [-0.25, -0.2) is 0 Å². The van der Waals surface area contributed by atoms with Crippen molar-refractivity contribution >= 4 is 0 Å². The molecule has 0 saturated heterocycles. The van der Waals surface area contributed by atoms with Gasteiger partial charge in [0.15, 0.2) is 0 Å². The quantitative estimate of drug-likeness (QED) is 0.414. The fourth-order valence-corrected chi connectivity index (χ4v) is 20.6. The van der Waals surface area contributed by atoms with Crippen LogP contribution in [-0.2, 0) is 0 Å². The van der Waals surface area contributed by atoms with Crippen LogP contribution < -0.4 is 0 Å². The summed E-state index contributed by atoms with van der Waals surface area (Å²) >= 11 is 0. The highest BCUT2D eigenvalue weighted by Gasteiger charge is 3.02. The minimum Gasteiger partial charge on any atom is -0.0527 e. The molecule has 33 heavy (non-hydrogen) atoms. The van der Waals surface area contributed by atoms with E-state index in [4.69, 9.17) is 0 Å². The number of hydrogen-bond acceptors (Lipinski definition) is 0. The molecule has 0 aromatic heterocycles. The maximum absolute atomic E-state index is 1.71. The topological polar surface area (TPSA) is 0 Å². The molecule has 0 radical (unpaired) electrons. The number of fused-ring (bicyclic) bond motifs is 8. The van der Waals surface area contributed by atoms with Crippen molar-refractivity contribution < 1.29 is 0 Å². The Kier molecular flexibility index (Phi) is 1.92. The van der Waals surface area contributed by atoms with Crippen molar-refractivity contribution in [1.82, 2.24) is 0 Å². The van der Waals surface area contributed by atoms with Gasteiger partial charge >= 0.3 is 0 Å². The minimum absolute atomic E-state index is 0.967. The van der Waals surface area contributed by atoms with Crippen molar-refractivity contribution in [2.24, 2.45) is 135 Å². The largest absolute Gasteiger partial charge is 0.0527 e. The molecule has 0 bridgehead atoms. The van der Waals surface area contributed by atoms with E-state index in [9.17, 15) is 0 Å².